The SMILES string of the molecule is COc1ccccc1/C=C/CN(CCN1CCN(C(=O)c2cccc(F)c2)CC1)C(=O)c1cccc(Cl)c1. The summed E-state index contributed by atoms with van der Waals surface area (Å²) in [5.41, 5.74) is 1.83. The van der Waals surface area contributed by atoms with Gasteiger partial charge in [-0.1, -0.05) is 54.1 Å². The number of halogens is 2. The topological polar surface area (TPSA) is 53.1 Å². The second kappa shape index (κ2) is 13.2. The first kappa shape index (κ1) is 27.4. The van der Waals surface area contributed by atoms with Gasteiger partial charge in [0, 0.05) is 67.5 Å². The molecule has 0 aromatic heterocycles. The van der Waals surface area contributed by atoms with Crippen molar-refractivity contribution in [1.82, 2.24) is 14.7 Å². The van der Waals surface area contributed by atoms with Crippen molar-refractivity contribution in [3.63, 3.8) is 0 Å². The van der Waals surface area contributed by atoms with Gasteiger partial charge in [0.1, 0.15) is 11.6 Å². The minimum absolute atomic E-state index is 0.0999. The van der Waals surface area contributed by atoms with Gasteiger partial charge in [-0.05, 0) is 42.5 Å². The Kier molecular flexibility index (Phi) is 9.51. The number of ether oxygens (including phenoxy) is 1. The Morgan fingerprint density at radius 1 is 0.974 bits per heavy atom. The van der Waals surface area contributed by atoms with E-state index < -0.39 is 5.82 Å². The molecule has 8 heteroatoms. The molecule has 3 aromatic carbocycles. The van der Waals surface area contributed by atoms with Gasteiger partial charge in [-0.25, -0.2) is 4.39 Å². The molecule has 6 nitrogen and oxygen atoms in total. The number of hydrogen-bond donors (Lipinski definition) is 0. The van der Waals surface area contributed by atoms with Crippen LogP contribution in [0.5, 0.6) is 5.75 Å². The van der Waals surface area contributed by atoms with Crippen LogP contribution in [0.25, 0.3) is 6.08 Å². The molecule has 2 amide bonds. The van der Waals surface area contributed by atoms with Crippen molar-refractivity contribution in [2.75, 3.05) is 52.9 Å². The minimum atomic E-state index is -0.418. The Labute approximate surface area is 227 Å². The number of amides is 2. The molecular weight excluding hydrogens is 505 g/mol. The molecule has 0 atom stereocenters. The molecule has 1 heterocycles. The van der Waals surface area contributed by atoms with Crippen LogP contribution < -0.4 is 4.74 Å². The summed E-state index contributed by atoms with van der Waals surface area (Å²) < 4.78 is 19.0. The fraction of sp³-hybridized carbons (Fsp3) is 0.267. The van der Waals surface area contributed by atoms with Crippen LogP contribution in [0, 0.1) is 5.82 Å². The Morgan fingerprint density at radius 3 is 2.45 bits per heavy atom. The van der Waals surface area contributed by atoms with E-state index in [1.54, 1.807) is 53.3 Å². The monoisotopic (exact) mass is 535 g/mol. The largest absolute Gasteiger partial charge is 0.496 e. The minimum Gasteiger partial charge on any atom is -0.496 e. The van der Waals surface area contributed by atoms with E-state index >= 15 is 0 Å². The highest BCUT2D eigenvalue weighted by molar-refractivity contribution is 6.30. The van der Waals surface area contributed by atoms with Gasteiger partial charge in [0.05, 0.1) is 7.11 Å². The Bertz CT molecular complexity index is 1290. The molecule has 0 saturated carbocycles. The highest BCUT2D eigenvalue weighted by Crippen LogP contribution is 2.19. The zero-order chi connectivity index (χ0) is 26.9. The predicted molar refractivity (Wildman–Crippen MR) is 148 cm³/mol. The van der Waals surface area contributed by atoms with Crippen LogP contribution in [0.3, 0.4) is 0 Å². The molecule has 0 radical (unpaired) electrons. The van der Waals surface area contributed by atoms with Crippen LogP contribution in [0.4, 0.5) is 4.39 Å². The first-order valence-corrected chi connectivity index (χ1v) is 12.9. The van der Waals surface area contributed by atoms with Crippen LogP contribution in [0.1, 0.15) is 26.3 Å². The van der Waals surface area contributed by atoms with E-state index in [1.165, 1.54) is 12.1 Å². The fourth-order valence-electron chi connectivity index (χ4n) is 4.43. The number of carbonyl (C=O) groups excluding carboxylic acids is 2. The van der Waals surface area contributed by atoms with Gasteiger partial charge in [0.15, 0.2) is 0 Å². The van der Waals surface area contributed by atoms with Crippen molar-refractivity contribution < 1.29 is 18.7 Å². The smallest absolute Gasteiger partial charge is 0.254 e. The van der Waals surface area contributed by atoms with E-state index in [9.17, 15) is 14.0 Å². The lowest BCUT2D eigenvalue weighted by Gasteiger charge is -2.35. The lowest BCUT2D eigenvalue weighted by Crippen LogP contribution is -2.50. The highest BCUT2D eigenvalue weighted by atomic mass is 35.5. The number of methoxy groups -OCH3 is 1. The van der Waals surface area contributed by atoms with Crippen molar-refractivity contribution in [3.8, 4) is 5.75 Å². The van der Waals surface area contributed by atoms with Gasteiger partial charge in [0.2, 0.25) is 0 Å². The van der Waals surface area contributed by atoms with Crippen molar-refractivity contribution in [2.24, 2.45) is 0 Å². The van der Waals surface area contributed by atoms with Gasteiger partial charge >= 0.3 is 0 Å². The van der Waals surface area contributed by atoms with Crippen LogP contribution in [0.15, 0.2) is 78.9 Å². The van der Waals surface area contributed by atoms with E-state index in [4.69, 9.17) is 16.3 Å². The van der Waals surface area contributed by atoms with Crippen LogP contribution in [-0.4, -0.2) is 79.4 Å². The molecule has 1 aliphatic heterocycles. The van der Waals surface area contributed by atoms with Gasteiger partial charge in [-0.2, -0.15) is 0 Å². The number of benzene rings is 3. The van der Waals surface area contributed by atoms with E-state index in [2.05, 4.69) is 4.90 Å². The van der Waals surface area contributed by atoms with Crippen molar-refractivity contribution in [1.29, 1.82) is 0 Å². The van der Waals surface area contributed by atoms with Gasteiger partial charge in [-0.15, -0.1) is 0 Å². The predicted octanol–water partition coefficient (Wildman–Crippen LogP) is 5.10. The average Bonchev–Trinajstić information content (AvgIpc) is 2.94. The third-order valence-electron chi connectivity index (χ3n) is 6.54. The second-order valence-electron chi connectivity index (χ2n) is 9.05. The van der Waals surface area contributed by atoms with Gasteiger partial charge in [0.25, 0.3) is 11.8 Å². The average molecular weight is 536 g/mol. The fourth-order valence-corrected chi connectivity index (χ4v) is 4.62. The lowest BCUT2D eigenvalue weighted by molar-refractivity contribution is 0.0609. The first-order valence-electron chi connectivity index (χ1n) is 12.6. The van der Waals surface area contributed by atoms with Crippen LogP contribution >= 0.6 is 11.6 Å². The summed E-state index contributed by atoms with van der Waals surface area (Å²) in [6, 6.07) is 20.5. The molecule has 3 aromatic rings. The molecule has 0 aliphatic carbocycles. The van der Waals surface area contributed by atoms with Crippen LogP contribution in [0.2, 0.25) is 5.02 Å². The summed E-state index contributed by atoms with van der Waals surface area (Å²) in [7, 11) is 1.63. The molecular formula is C30H31ClFN3O3. The second-order valence-corrected chi connectivity index (χ2v) is 9.49. The normalized spacial score (nSPS) is 14.0. The summed E-state index contributed by atoms with van der Waals surface area (Å²) in [5, 5.41) is 0.513. The molecule has 1 saturated heterocycles. The molecule has 0 unspecified atom stereocenters. The molecule has 1 fully saturated rings. The summed E-state index contributed by atoms with van der Waals surface area (Å²) in [6.45, 7) is 4.04. The third-order valence-corrected chi connectivity index (χ3v) is 6.77. The number of carbonyl (C=O) groups is 2. The van der Waals surface area contributed by atoms with Crippen molar-refractivity contribution in [2.45, 2.75) is 0 Å². The summed E-state index contributed by atoms with van der Waals surface area (Å²) in [4.78, 5) is 31.9. The van der Waals surface area contributed by atoms with E-state index in [0.717, 1.165) is 11.3 Å². The van der Waals surface area contributed by atoms with E-state index in [1.807, 2.05) is 36.4 Å². The maximum absolute atomic E-state index is 13.5. The molecule has 0 bridgehead atoms. The Morgan fingerprint density at radius 2 is 1.71 bits per heavy atom. The standard InChI is InChI=1S/C30H31ClFN3O3/c1-38-28-13-3-2-7-23(28)10-6-14-34(29(36)24-8-4-11-26(31)21-24)18-15-33-16-19-35(20-17-33)30(37)25-9-5-12-27(32)22-25/h2-13,21-22H,14-20H2,1H3/b10-6+. The number of rotatable bonds is 9. The molecule has 198 valence electrons. The molecule has 0 N–H and O–H groups in total. The molecule has 4 rings (SSSR count). The quantitative estimate of drug-likeness (QED) is 0.382. The zero-order valence-electron chi connectivity index (χ0n) is 21.4. The number of piperazine rings is 1. The maximum Gasteiger partial charge on any atom is 0.254 e. The first-order chi connectivity index (χ1) is 18.4. The van der Waals surface area contributed by atoms with E-state index in [-0.39, 0.29) is 11.8 Å². The number of hydrogen-bond acceptors (Lipinski definition) is 4. The molecule has 0 spiro atoms. The van der Waals surface area contributed by atoms with Crippen molar-refractivity contribution >= 4 is 29.5 Å². The van der Waals surface area contributed by atoms with Gasteiger partial charge < -0.3 is 14.5 Å². The third kappa shape index (κ3) is 7.21. The van der Waals surface area contributed by atoms with Gasteiger partial charge in [-0.3, -0.25) is 14.5 Å². The summed E-state index contributed by atoms with van der Waals surface area (Å²) in [5.74, 6) is 0.0846. The highest BCUT2D eigenvalue weighted by Gasteiger charge is 2.23. The van der Waals surface area contributed by atoms with E-state index in [0.29, 0.717) is 62.0 Å². The molecule has 1 aliphatic rings. The van der Waals surface area contributed by atoms with Crippen LogP contribution in [-0.2, 0) is 0 Å². The zero-order valence-corrected chi connectivity index (χ0v) is 22.1. The number of nitrogens with zero attached hydrogens (tertiary/aromatic N) is 3. The lowest BCUT2D eigenvalue weighted by atomic mass is 10.1. The Hall–Kier alpha value is -3.68. The Balaban J connectivity index is 1.38. The molecule has 38 heavy (non-hydrogen) atoms. The summed E-state index contributed by atoms with van der Waals surface area (Å²) in [6.07, 6.45) is 3.91. The summed E-state index contributed by atoms with van der Waals surface area (Å²) >= 11 is 6.14. The van der Waals surface area contributed by atoms with Crippen molar-refractivity contribution in [3.05, 3.63) is 106 Å². The maximum atomic E-state index is 13.5. The number of para-hydroxylation sites is 1.